The molecule has 0 saturated carbocycles. The van der Waals surface area contributed by atoms with Crippen LogP contribution in [0.25, 0.3) is 0 Å². The number of carboxylic acids is 1. The first-order valence-corrected chi connectivity index (χ1v) is 16.7. The lowest BCUT2D eigenvalue weighted by Crippen LogP contribution is -2.35. The summed E-state index contributed by atoms with van der Waals surface area (Å²) in [5.41, 5.74) is 3.55. The largest absolute Gasteiger partial charge is 0.496 e. The zero-order valence-corrected chi connectivity index (χ0v) is 28.8. The lowest BCUT2D eigenvalue weighted by atomic mass is 10.1. The molecule has 262 valence electrons. The number of hydrogen-bond acceptors (Lipinski definition) is 7. The number of carbonyl (C=O) groups is 4. The molecular formula is C40H44N2O8. The van der Waals surface area contributed by atoms with Gasteiger partial charge >= 0.3 is 11.9 Å². The number of hydrogen-bond donors (Lipinski definition) is 2. The van der Waals surface area contributed by atoms with Crippen molar-refractivity contribution in [1.29, 1.82) is 0 Å². The maximum Gasteiger partial charge on any atom is 0.343 e. The molecule has 0 aliphatic carbocycles. The number of carboxylic acid groups (broad SMARTS) is 1. The Hall–Kier alpha value is -5.64. The average Bonchev–Trinajstić information content (AvgIpc) is 3.11. The van der Waals surface area contributed by atoms with Crippen LogP contribution >= 0.6 is 0 Å². The van der Waals surface area contributed by atoms with Gasteiger partial charge in [0.15, 0.2) is 0 Å². The quantitative estimate of drug-likeness (QED) is 0.0628. The molecule has 4 rings (SSSR count). The second-order valence-electron chi connectivity index (χ2n) is 12.0. The molecule has 0 radical (unpaired) electrons. The second-order valence-corrected chi connectivity index (χ2v) is 12.0. The van der Waals surface area contributed by atoms with Crippen molar-refractivity contribution in [2.75, 3.05) is 25.6 Å². The summed E-state index contributed by atoms with van der Waals surface area (Å²) in [7, 11) is 1.58. The second kappa shape index (κ2) is 18.8. The van der Waals surface area contributed by atoms with Crippen molar-refractivity contribution in [1.82, 2.24) is 4.90 Å². The molecule has 0 spiro atoms. The Balaban J connectivity index is 1.30. The van der Waals surface area contributed by atoms with E-state index in [2.05, 4.69) is 12.2 Å². The molecule has 10 heteroatoms. The standard InChI is InChI=1S/C40H44N2O8/c1-4-5-6-7-8-23-49-34-21-15-32(16-22-34)40(47)50-35-19-11-29(12-20-35)26-42(27-38(44)45)39(46)31-13-17-33(18-14-31)41-37(43)25-30-10-9-28(2)36(24-30)48-3/h9-22,24H,4-8,23,25-27H2,1-3H3,(H,41,43)(H,44,45). The summed E-state index contributed by atoms with van der Waals surface area (Å²) in [4.78, 5) is 51.5. The molecule has 0 saturated heterocycles. The molecule has 4 aromatic carbocycles. The summed E-state index contributed by atoms with van der Waals surface area (Å²) < 4.78 is 16.6. The van der Waals surface area contributed by atoms with Gasteiger partial charge in [0.25, 0.3) is 5.91 Å². The third-order valence-corrected chi connectivity index (χ3v) is 7.98. The third kappa shape index (κ3) is 11.5. The van der Waals surface area contributed by atoms with E-state index in [1.165, 1.54) is 36.3 Å². The van der Waals surface area contributed by atoms with E-state index in [-0.39, 0.29) is 24.4 Å². The highest BCUT2D eigenvalue weighted by Gasteiger charge is 2.20. The molecule has 0 heterocycles. The van der Waals surface area contributed by atoms with Crippen molar-refractivity contribution < 1.29 is 38.5 Å². The van der Waals surface area contributed by atoms with Crippen LogP contribution in [-0.2, 0) is 22.6 Å². The monoisotopic (exact) mass is 680 g/mol. The van der Waals surface area contributed by atoms with E-state index in [9.17, 15) is 24.3 Å². The van der Waals surface area contributed by atoms with E-state index in [0.717, 1.165) is 24.0 Å². The number of anilines is 1. The minimum atomic E-state index is -1.16. The molecule has 50 heavy (non-hydrogen) atoms. The number of nitrogens with one attached hydrogen (secondary N) is 1. The number of esters is 1. The molecule has 2 N–H and O–H groups in total. The normalized spacial score (nSPS) is 10.6. The molecule has 10 nitrogen and oxygen atoms in total. The van der Waals surface area contributed by atoms with E-state index in [1.54, 1.807) is 67.8 Å². The van der Waals surface area contributed by atoms with Crippen LogP contribution in [0.1, 0.15) is 76.4 Å². The first-order valence-electron chi connectivity index (χ1n) is 16.7. The van der Waals surface area contributed by atoms with Crippen LogP contribution < -0.4 is 19.5 Å². The Morgan fingerprint density at radius 3 is 2.06 bits per heavy atom. The number of nitrogens with zero attached hydrogens (tertiary/aromatic N) is 1. The Morgan fingerprint density at radius 2 is 1.40 bits per heavy atom. The van der Waals surface area contributed by atoms with Gasteiger partial charge in [-0.3, -0.25) is 14.4 Å². The van der Waals surface area contributed by atoms with Gasteiger partial charge in [-0.1, -0.05) is 56.9 Å². The van der Waals surface area contributed by atoms with Crippen LogP contribution in [0.3, 0.4) is 0 Å². The highest BCUT2D eigenvalue weighted by Crippen LogP contribution is 2.21. The summed E-state index contributed by atoms with van der Waals surface area (Å²) in [6.07, 6.45) is 5.90. The number of aliphatic carboxylic acids is 1. The molecule has 0 aromatic heterocycles. The molecular weight excluding hydrogens is 636 g/mol. The summed E-state index contributed by atoms with van der Waals surface area (Å²) in [6, 6.07) is 25.2. The van der Waals surface area contributed by atoms with Crippen LogP contribution in [0.2, 0.25) is 0 Å². The molecule has 0 atom stereocenters. The van der Waals surface area contributed by atoms with Gasteiger partial charge in [-0.2, -0.15) is 0 Å². The van der Waals surface area contributed by atoms with Crippen LogP contribution in [0, 0.1) is 6.92 Å². The predicted molar refractivity (Wildman–Crippen MR) is 191 cm³/mol. The topological polar surface area (TPSA) is 131 Å². The number of aryl methyl sites for hydroxylation is 1. The van der Waals surface area contributed by atoms with Crippen LogP contribution in [0.15, 0.2) is 91.0 Å². The van der Waals surface area contributed by atoms with Crippen molar-refractivity contribution in [3.05, 3.63) is 119 Å². The van der Waals surface area contributed by atoms with E-state index < -0.39 is 24.4 Å². The van der Waals surface area contributed by atoms with Crippen LogP contribution in [0.5, 0.6) is 17.2 Å². The Morgan fingerprint density at radius 1 is 0.760 bits per heavy atom. The average molecular weight is 681 g/mol. The Labute approximate surface area is 293 Å². The zero-order chi connectivity index (χ0) is 35.9. The summed E-state index contributed by atoms with van der Waals surface area (Å²) in [5, 5.41) is 12.3. The smallest absolute Gasteiger partial charge is 0.343 e. The van der Waals surface area contributed by atoms with Gasteiger partial charge in [0, 0.05) is 17.8 Å². The van der Waals surface area contributed by atoms with Gasteiger partial charge < -0.3 is 29.5 Å². The van der Waals surface area contributed by atoms with Crippen molar-refractivity contribution in [3.8, 4) is 17.2 Å². The van der Waals surface area contributed by atoms with Crippen molar-refractivity contribution >= 4 is 29.4 Å². The maximum atomic E-state index is 13.3. The van der Waals surface area contributed by atoms with Gasteiger partial charge in [0.2, 0.25) is 5.91 Å². The van der Waals surface area contributed by atoms with E-state index in [4.69, 9.17) is 14.2 Å². The highest BCUT2D eigenvalue weighted by molar-refractivity contribution is 5.97. The maximum absolute atomic E-state index is 13.3. The number of rotatable bonds is 18. The first kappa shape index (κ1) is 37.2. The van der Waals surface area contributed by atoms with Crippen molar-refractivity contribution in [2.24, 2.45) is 0 Å². The molecule has 2 amide bonds. The number of amides is 2. The van der Waals surface area contributed by atoms with E-state index >= 15 is 0 Å². The fourth-order valence-electron chi connectivity index (χ4n) is 5.24. The van der Waals surface area contributed by atoms with Crippen LogP contribution in [-0.4, -0.2) is 54.0 Å². The zero-order valence-electron chi connectivity index (χ0n) is 28.8. The van der Waals surface area contributed by atoms with Gasteiger partial charge in [-0.25, -0.2) is 4.79 Å². The van der Waals surface area contributed by atoms with Crippen molar-refractivity contribution in [2.45, 2.75) is 58.9 Å². The Bertz CT molecular complexity index is 1740. The summed E-state index contributed by atoms with van der Waals surface area (Å²) in [5.74, 6) is -0.707. The van der Waals surface area contributed by atoms with Gasteiger partial charge in [-0.05, 0) is 96.8 Å². The van der Waals surface area contributed by atoms with E-state index in [0.29, 0.717) is 40.7 Å². The van der Waals surface area contributed by atoms with Crippen molar-refractivity contribution in [3.63, 3.8) is 0 Å². The SMILES string of the molecule is CCCCCCCOc1ccc(C(=O)Oc2ccc(CN(CC(=O)O)C(=O)c3ccc(NC(=O)Cc4ccc(C)c(OC)c4)cc3)cc2)cc1. The molecule has 4 aromatic rings. The predicted octanol–water partition coefficient (Wildman–Crippen LogP) is 7.48. The van der Waals surface area contributed by atoms with Crippen LogP contribution in [0.4, 0.5) is 5.69 Å². The fraction of sp³-hybridized carbons (Fsp3) is 0.300. The number of unbranched alkanes of at least 4 members (excludes halogenated alkanes) is 4. The fourth-order valence-corrected chi connectivity index (χ4v) is 5.24. The molecule has 0 unspecified atom stereocenters. The minimum Gasteiger partial charge on any atom is -0.496 e. The number of benzene rings is 4. The van der Waals surface area contributed by atoms with Gasteiger partial charge in [0.1, 0.15) is 23.8 Å². The molecule has 0 aliphatic heterocycles. The summed E-state index contributed by atoms with van der Waals surface area (Å²) >= 11 is 0. The third-order valence-electron chi connectivity index (χ3n) is 7.98. The molecule has 0 fully saturated rings. The summed E-state index contributed by atoms with van der Waals surface area (Å²) in [6.45, 7) is 4.23. The number of methoxy groups -OCH3 is 1. The molecule has 0 aliphatic rings. The lowest BCUT2D eigenvalue weighted by molar-refractivity contribution is -0.137. The highest BCUT2D eigenvalue weighted by atomic mass is 16.5. The number of carbonyl (C=O) groups excluding carboxylic acids is 3. The van der Waals surface area contributed by atoms with Gasteiger partial charge in [-0.15, -0.1) is 0 Å². The Kier molecular flexibility index (Phi) is 14.0. The minimum absolute atomic E-state index is 0.0118. The number of ether oxygens (including phenoxy) is 3. The molecule has 0 bridgehead atoms. The van der Waals surface area contributed by atoms with E-state index in [1.807, 2.05) is 25.1 Å². The lowest BCUT2D eigenvalue weighted by Gasteiger charge is -2.21. The first-order chi connectivity index (χ1) is 24.1. The van der Waals surface area contributed by atoms with Gasteiger partial charge in [0.05, 0.1) is 25.7 Å².